The van der Waals surface area contributed by atoms with E-state index in [0.29, 0.717) is 26.0 Å². The number of carbonyl (C=O) groups is 1. The van der Waals surface area contributed by atoms with Gasteiger partial charge in [-0.1, -0.05) is 147 Å². The van der Waals surface area contributed by atoms with Crippen LogP contribution in [0.1, 0.15) is 128 Å². The highest BCUT2D eigenvalue weighted by atomic mass is 16.5. The lowest BCUT2D eigenvalue weighted by Crippen LogP contribution is -2.32. The molecule has 0 aliphatic heterocycles. The molecule has 0 radical (unpaired) electrons. The van der Waals surface area contributed by atoms with Crippen LogP contribution in [0.3, 0.4) is 0 Å². The lowest BCUT2D eigenvalue weighted by Gasteiger charge is -2.37. The summed E-state index contributed by atoms with van der Waals surface area (Å²) >= 11 is 0. The highest BCUT2D eigenvalue weighted by Gasteiger charge is 2.37. The third kappa shape index (κ3) is 8.99. The fourth-order valence-corrected chi connectivity index (χ4v) is 5.76. The van der Waals surface area contributed by atoms with E-state index in [1.165, 1.54) is 33.4 Å². The molecule has 0 atom stereocenters. The van der Waals surface area contributed by atoms with E-state index in [9.17, 15) is 4.79 Å². The monoisotopic (exact) mass is 595 g/mol. The summed E-state index contributed by atoms with van der Waals surface area (Å²) in [5, 5.41) is 3.57. The number of nitrogens with zero attached hydrogens (tertiary/aromatic N) is 3. The molecule has 3 rings (SSSR count). The summed E-state index contributed by atoms with van der Waals surface area (Å²) in [5.41, 5.74) is 15.5. The highest BCUT2D eigenvalue weighted by molar-refractivity contribution is 5.69. The number of hydrogen-bond donors (Lipinski definition) is 0. The molecule has 5 heteroatoms. The minimum Gasteiger partial charge on any atom is -0.466 e. The molecule has 0 saturated carbocycles. The van der Waals surface area contributed by atoms with Gasteiger partial charge in [0.15, 0.2) is 0 Å². The summed E-state index contributed by atoms with van der Waals surface area (Å²) in [6, 6.07) is 27.1. The van der Waals surface area contributed by atoms with Gasteiger partial charge < -0.3 is 4.74 Å². The maximum atomic E-state index is 12.8. The first-order chi connectivity index (χ1) is 20.6. The van der Waals surface area contributed by atoms with Crippen molar-refractivity contribution in [3.63, 3.8) is 0 Å². The second-order valence-electron chi connectivity index (χ2n) is 15.1. The van der Waals surface area contributed by atoms with Crippen LogP contribution in [0, 0.1) is 0 Å². The maximum absolute atomic E-state index is 12.8. The van der Waals surface area contributed by atoms with Crippen LogP contribution in [0.5, 0.6) is 0 Å². The van der Waals surface area contributed by atoms with Crippen LogP contribution in [0.4, 0.5) is 0 Å². The Kier molecular flexibility index (Phi) is 11.5. The Morgan fingerprint density at radius 2 is 0.977 bits per heavy atom. The lowest BCUT2D eigenvalue weighted by molar-refractivity contribution is -0.144. The average Bonchev–Trinajstić information content (AvgIpc) is 2.96. The highest BCUT2D eigenvalue weighted by Crippen LogP contribution is 2.44. The molecule has 0 spiro atoms. The smallest absolute Gasteiger partial charge is 0.305 e. The van der Waals surface area contributed by atoms with E-state index in [1.54, 1.807) is 0 Å². The Morgan fingerprint density at radius 1 is 0.614 bits per heavy atom. The minimum absolute atomic E-state index is 0.0421. The standard InChI is InChI=1S/C39H53N3O2/c1-36(2,3)29-14-20-32(21-15-29)39(33-22-16-30(17-23-33)37(4,5)6,34-24-18-31(19-25-34)38(7,8)9)26-28-44-35(43)13-11-10-12-27-41-42-40/h14-25H,10-13,26-28H2,1-9H3. The Morgan fingerprint density at radius 3 is 1.32 bits per heavy atom. The van der Waals surface area contributed by atoms with Gasteiger partial charge in [-0.3, -0.25) is 4.79 Å². The summed E-state index contributed by atoms with van der Waals surface area (Å²) in [7, 11) is 0. The molecule has 0 heterocycles. The first-order valence-electron chi connectivity index (χ1n) is 16.1. The van der Waals surface area contributed by atoms with Gasteiger partial charge >= 0.3 is 5.97 Å². The van der Waals surface area contributed by atoms with Crippen LogP contribution in [0.25, 0.3) is 10.4 Å². The molecule has 3 aromatic carbocycles. The zero-order chi connectivity index (χ0) is 32.6. The van der Waals surface area contributed by atoms with Gasteiger partial charge in [-0.25, -0.2) is 0 Å². The molecule has 236 valence electrons. The average molecular weight is 596 g/mol. The van der Waals surface area contributed by atoms with Gasteiger partial charge in [0, 0.05) is 23.3 Å². The van der Waals surface area contributed by atoms with Crippen molar-refractivity contribution in [1.82, 2.24) is 0 Å². The van der Waals surface area contributed by atoms with Gasteiger partial charge in [-0.15, -0.1) is 0 Å². The Labute approximate surface area is 266 Å². The van der Waals surface area contributed by atoms with Crippen LogP contribution >= 0.6 is 0 Å². The van der Waals surface area contributed by atoms with Crippen LogP contribution in [0.15, 0.2) is 77.9 Å². The van der Waals surface area contributed by atoms with Crippen molar-refractivity contribution in [1.29, 1.82) is 0 Å². The quantitative estimate of drug-likeness (QED) is 0.0521. The largest absolute Gasteiger partial charge is 0.466 e. The van der Waals surface area contributed by atoms with Gasteiger partial charge in [0.25, 0.3) is 0 Å². The van der Waals surface area contributed by atoms with Gasteiger partial charge in [-0.2, -0.15) is 0 Å². The van der Waals surface area contributed by atoms with Gasteiger partial charge in [0.1, 0.15) is 0 Å². The van der Waals surface area contributed by atoms with Crippen LogP contribution in [0.2, 0.25) is 0 Å². The molecule has 0 amide bonds. The number of rotatable bonds is 12. The molecule has 0 unspecified atom stereocenters. The Bertz CT molecular complexity index is 1260. The molecule has 0 aliphatic rings. The van der Waals surface area contributed by atoms with E-state index >= 15 is 0 Å². The first-order valence-corrected chi connectivity index (χ1v) is 16.1. The number of esters is 1. The summed E-state index contributed by atoms with van der Waals surface area (Å²) in [6.07, 6.45) is 3.32. The summed E-state index contributed by atoms with van der Waals surface area (Å²) in [5.74, 6) is -0.183. The molecule has 0 fully saturated rings. The van der Waals surface area contributed by atoms with Gasteiger partial charge in [0.05, 0.1) is 6.61 Å². The molecule has 0 aromatic heterocycles. The SMILES string of the molecule is CC(C)(C)c1ccc(C(CCOC(=O)CCCCCN=[N+]=[N-])(c2ccc(C(C)(C)C)cc2)c2ccc(C(C)(C)C)cc2)cc1. The predicted molar refractivity (Wildman–Crippen MR) is 183 cm³/mol. The third-order valence-electron chi connectivity index (χ3n) is 8.67. The number of benzene rings is 3. The predicted octanol–water partition coefficient (Wildman–Crippen LogP) is 10.7. The molecular weight excluding hydrogens is 542 g/mol. The van der Waals surface area contributed by atoms with E-state index in [4.69, 9.17) is 10.3 Å². The number of ether oxygens (including phenoxy) is 1. The summed E-state index contributed by atoms with van der Waals surface area (Å²) in [6.45, 7) is 20.9. The Hall–Kier alpha value is -3.56. The fraction of sp³-hybridized carbons (Fsp3) is 0.513. The van der Waals surface area contributed by atoms with Crippen molar-refractivity contribution in [2.45, 2.75) is 116 Å². The second-order valence-corrected chi connectivity index (χ2v) is 15.1. The number of carbonyl (C=O) groups excluding carboxylic acids is 1. The van der Waals surface area contributed by atoms with Gasteiger partial charge in [-0.05, 0) is 74.4 Å². The van der Waals surface area contributed by atoms with E-state index < -0.39 is 5.41 Å². The van der Waals surface area contributed by atoms with Crippen LogP contribution in [-0.2, 0) is 31.2 Å². The molecule has 5 nitrogen and oxygen atoms in total. The zero-order valence-corrected chi connectivity index (χ0v) is 28.5. The summed E-state index contributed by atoms with van der Waals surface area (Å²) < 4.78 is 5.90. The van der Waals surface area contributed by atoms with Crippen molar-refractivity contribution in [2.75, 3.05) is 13.2 Å². The first kappa shape index (κ1) is 34.9. The van der Waals surface area contributed by atoms with E-state index in [0.717, 1.165) is 19.3 Å². The maximum Gasteiger partial charge on any atom is 0.305 e. The molecule has 0 N–H and O–H groups in total. The fourth-order valence-electron chi connectivity index (χ4n) is 5.76. The molecule has 3 aromatic rings. The van der Waals surface area contributed by atoms with Gasteiger partial charge in [0.2, 0.25) is 0 Å². The second kappa shape index (κ2) is 14.5. The van der Waals surface area contributed by atoms with Crippen molar-refractivity contribution in [3.8, 4) is 0 Å². The van der Waals surface area contributed by atoms with E-state index in [-0.39, 0.29) is 22.2 Å². The van der Waals surface area contributed by atoms with Crippen molar-refractivity contribution >= 4 is 5.97 Å². The number of unbranched alkanes of at least 4 members (excludes halogenated alkanes) is 2. The van der Waals surface area contributed by atoms with Crippen molar-refractivity contribution < 1.29 is 9.53 Å². The molecule has 0 saturated heterocycles. The summed E-state index contributed by atoms with van der Waals surface area (Å²) in [4.78, 5) is 15.6. The molecular formula is C39H53N3O2. The van der Waals surface area contributed by atoms with Crippen molar-refractivity contribution in [2.24, 2.45) is 5.11 Å². The number of hydrogen-bond acceptors (Lipinski definition) is 3. The van der Waals surface area contributed by atoms with Crippen molar-refractivity contribution in [3.05, 3.63) is 117 Å². The number of azide groups is 1. The van der Waals surface area contributed by atoms with Crippen LogP contribution < -0.4 is 0 Å². The van der Waals surface area contributed by atoms with E-state index in [1.807, 2.05) is 0 Å². The topological polar surface area (TPSA) is 75.1 Å². The third-order valence-corrected chi connectivity index (χ3v) is 8.67. The zero-order valence-electron chi connectivity index (χ0n) is 28.5. The Balaban J connectivity index is 2.07. The minimum atomic E-state index is -0.515. The molecule has 0 aliphatic carbocycles. The van der Waals surface area contributed by atoms with E-state index in [2.05, 4.69) is 145 Å². The molecule has 44 heavy (non-hydrogen) atoms. The van der Waals surface area contributed by atoms with Crippen LogP contribution in [-0.4, -0.2) is 19.1 Å². The molecule has 0 bridgehead atoms. The normalized spacial score (nSPS) is 12.5. The lowest BCUT2D eigenvalue weighted by atomic mass is 9.66.